The lowest BCUT2D eigenvalue weighted by Gasteiger charge is -2.17. The fourth-order valence-electron chi connectivity index (χ4n) is 1.49. The average Bonchev–Trinajstić information content (AvgIpc) is 2.23. The zero-order chi connectivity index (χ0) is 10.8. The zero-order valence-electron chi connectivity index (χ0n) is 7.97. The Labute approximate surface area is 93.1 Å². The molecule has 0 saturated heterocycles. The highest BCUT2D eigenvalue weighted by molar-refractivity contribution is 6.30. The van der Waals surface area contributed by atoms with E-state index < -0.39 is 12.2 Å². The van der Waals surface area contributed by atoms with E-state index in [9.17, 15) is 10.2 Å². The standard InChI is InChI=1S/C12H11ClO2/c13-10-4-1-8(2-5-10)9-3-6-11(14)12(15)7-9/h1-7,11-12,14-15H. The Balaban J connectivity index is 2.29. The minimum Gasteiger partial charge on any atom is -0.386 e. The van der Waals surface area contributed by atoms with Crippen LogP contribution in [0.2, 0.25) is 5.02 Å². The predicted molar refractivity (Wildman–Crippen MR) is 60.6 cm³/mol. The first-order valence-electron chi connectivity index (χ1n) is 4.69. The highest BCUT2D eigenvalue weighted by atomic mass is 35.5. The van der Waals surface area contributed by atoms with Gasteiger partial charge in [0.1, 0.15) is 12.2 Å². The summed E-state index contributed by atoms with van der Waals surface area (Å²) in [6, 6.07) is 7.35. The van der Waals surface area contributed by atoms with E-state index in [0.717, 1.165) is 11.1 Å². The van der Waals surface area contributed by atoms with Gasteiger partial charge in [-0.3, -0.25) is 0 Å². The Morgan fingerprint density at radius 2 is 1.67 bits per heavy atom. The van der Waals surface area contributed by atoms with Crippen molar-refractivity contribution in [3.8, 4) is 0 Å². The highest BCUT2D eigenvalue weighted by Gasteiger charge is 2.15. The van der Waals surface area contributed by atoms with E-state index in [1.807, 2.05) is 12.1 Å². The van der Waals surface area contributed by atoms with E-state index in [2.05, 4.69) is 0 Å². The Hall–Kier alpha value is -1.09. The van der Waals surface area contributed by atoms with Gasteiger partial charge in [-0.05, 0) is 29.3 Å². The molecular weight excluding hydrogens is 212 g/mol. The number of halogens is 1. The quantitative estimate of drug-likeness (QED) is 0.763. The summed E-state index contributed by atoms with van der Waals surface area (Å²) in [5, 5.41) is 19.4. The molecule has 0 heterocycles. The van der Waals surface area contributed by atoms with Gasteiger partial charge < -0.3 is 10.2 Å². The zero-order valence-corrected chi connectivity index (χ0v) is 8.72. The first-order valence-corrected chi connectivity index (χ1v) is 5.07. The maximum Gasteiger partial charge on any atom is 0.102 e. The van der Waals surface area contributed by atoms with Crippen LogP contribution in [0.3, 0.4) is 0 Å². The van der Waals surface area contributed by atoms with Gasteiger partial charge in [0.05, 0.1) is 0 Å². The lowest BCUT2D eigenvalue weighted by Crippen LogP contribution is -2.23. The minimum absolute atomic E-state index is 0.680. The van der Waals surface area contributed by atoms with Gasteiger partial charge in [-0.1, -0.05) is 35.9 Å². The van der Waals surface area contributed by atoms with E-state index >= 15 is 0 Å². The Morgan fingerprint density at radius 3 is 2.27 bits per heavy atom. The van der Waals surface area contributed by atoms with E-state index in [1.54, 1.807) is 30.4 Å². The van der Waals surface area contributed by atoms with Crippen molar-refractivity contribution in [1.29, 1.82) is 0 Å². The van der Waals surface area contributed by atoms with Gasteiger partial charge in [-0.15, -0.1) is 0 Å². The molecule has 0 amide bonds. The molecule has 78 valence electrons. The third kappa shape index (κ3) is 2.29. The van der Waals surface area contributed by atoms with Crippen LogP contribution in [0.15, 0.2) is 42.5 Å². The van der Waals surface area contributed by atoms with Gasteiger partial charge in [0.25, 0.3) is 0 Å². The molecule has 15 heavy (non-hydrogen) atoms. The third-order valence-electron chi connectivity index (χ3n) is 2.35. The SMILES string of the molecule is OC1C=CC(c2ccc(Cl)cc2)=CC1O. The summed E-state index contributed by atoms with van der Waals surface area (Å²) in [6.45, 7) is 0. The smallest absolute Gasteiger partial charge is 0.102 e. The van der Waals surface area contributed by atoms with E-state index in [4.69, 9.17) is 11.6 Å². The van der Waals surface area contributed by atoms with E-state index in [0.29, 0.717) is 5.02 Å². The van der Waals surface area contributed by atoms with Crippen molar-refractivity contribution in [2.24, 2.45) is 0 Å². The summed E-state index contributed by atoms with van der Waals surface area (Å²) in [7, 11) is 0. The van der Waals surface area contributed by atoms with Gasteiger partial charge in [-0.2, -0.15) is 0 Å². The second kappa shape index (κ2) is 4.19. The molecule has 2 unspecified atom stereocenters. The molecule has 1 aromatic carbocycles. The molecule has 0 fully saturated rings. The van der Waals surface area contributed by atoms with Crippen LogP contribution in [0.25, 0.3) is 5.57 Å². The maximum atomic E-state index is 9.46. The van der Waals surface area contributed by atoms with Crippen LogP contribution in [-0.2, 0) is 0 Å². The number of aliphatic hydroxyl groups is 2. The number of benzene rings is 1. The molecule has 2 atom stereocenters. The van der Waals surface area contributed by atoms with Crippen molar-refractivity contribution < 1.29 is 10.2 Å². The van der Waals surface area contributed by atoms with Crippen LogP contribution in [0.5, 0.6) is 0 Å². The number of allylic oxidation sites excluding steroid dienone is 2. The number of hydrogen-bond acceptors (Lipinski definition) is 2. The van der Waals surface area contributed by atoms with Crippen LogP contribution in [-0.4, -0.2) is 22.4 Å². The van der Waals surface area contributed by atoms with Crippen molar-refractivity contribution in [1.82, 2.24) is 0 Å². The molecule has 0 spiro atoms. The van der Waals surface area contributed by atoms with E-state index in [-0.39, 0.29) is 0 Å². The fraction of sp³-hybridized carbons (Fsp3) is 0.167. The van der Waals surface area contributed by atoms with Gasteiger partial charge in [0.2, 0.25) is 0 Å². The molecule has 2 nitrogen and oxygen atoms in total. The van der Waals surface area contributed by atoms with Crippen LogP contribution < -0.4 is 0 Å². The lowest BCUT2D eigenvalue weighted by molar-refractivity contribution is 0.0799. The largest absolute Gasteiger partial charge is 0.386 e. The summed E-state index contributed by atoms with van der Waals surface area (Å²) >= 11 is 5.78. The fourth-order valence-corrected chi connectivity index (χ4v) is 1.61. The van der Waals surface area contributed by atoms with Crippen molar-refractivity contribution in [3.63, 3.8) is 0 Å². The molecule has 2 rings (SSSR count). The molecule has 0 saturated carbocycles. The summed E-state index contributed by atoms with van der Waals surface area (Å²) in [6.07, 6.45) is 3.37. The maximum absolute atomic E-state index is 9.46. The monoisotopic (exact) mass is 222 g/mol. The summed E-state index contributed by atoms with van der Waals surface area (Å²) in [5.74, 6) is 0. The Kier molecular flexibility index (Phi) is 2.91. The van der Waals surface area contributed by atoms with Crippen molar-refractivity contribution in [2.45, 2.75) is 12.2 Å². The highest BCUT2D eigenvalue weighted by Crippen LogP contribution is 2.23. The molecule has 0 radical (unpaired) electrons. The number of hydrogen-bond donors (Lipinski definition) is 2. The molecule has 2 N–H and O–H groups in total. The number of aliphatic hydroxyl groups excluding tert-OH is 2. The Bertz CT molecular complexity index is 406. The lowest BCUT2D eigenvalue weighted by atomic mass is 9.97. The van der Waals surface area contributed by atoms with Crippen molar-refractivity contribution >= 4 is 17.2 Å². The van der Waals surface area contributed by atoms with Crippen LogP contribution in [0, 0.1) is 0 Å². The van der Waals surface area contributed by atoms with Crippen molar-refractivity contribution in [3.05, 3.63) is 53.1 Å². The molecule has 0 aromatic heterocycles. The summed E-state index contributed by atoms with van der Waals surface area (Å²) in [5.41, 5.74) is 1.87. The molecular formula is C12H11ClO2. The minimum atomic E-state index is -0.833. The van der Waals surface area contributed by atoms with Gasteiger partial charge in [0.15, 0.2) is 0 Å². The predicted octanol–water partition coefficient (Wildman–Crippen LogP) is 2.02. The second-order valence-corrected chi connectivity index (χ2v) is 3.91. The summed E-state index contributed by atoms with van der Waals surface area (Å²) in [4.78, 5) is 0. The molecule has 3 heteroatoms. The van der Waals surface area contributed by atoms with E-state index in [1.165, 1.54) is 0 Å². The van der Waals surface area contributed by atoms with Crippen molar-refractivity contribution in [2.75, 3.05) is 0 Å². The Morgan fingerprint density at radius 1 is 1.00 bits per heavy atom. The number of rotatable bonds is 1. The first-order chi connectivity index (χ1) is 7.16. The molecule has 0 aliphatic heterocycles. The third-order valence-corrected chi connectivity index (χ3v) is 2.60. The molecule has 1 aliphatic rings. The van der Waals surface area contributed by atoms with Gasteiger partial charge in [-0.25, -0.2) is 0 Å². The molecule has 1 aliphatic carbocycles. The van der Waals surface area contributed by atoms with Gasteiger partial charge in [0, 0.05) is 5.02 Å². The van der Waals surface area contributed by atoms with Crippen LogP contribution in [0.1, 0.15) is 5.56 Å². The normalized spacial score (nSPS) is 25.1. The first kappa shape index (κ1) is 10.4. The molecule has 0 bridgehead atoms. The average molecular weight is 223 g/mol. The topological polar surface area (TPSA) is 40.5 Å². The van der Waals surface area contributed by atoms with Gasteiger partial charge >= 0.3 is 0 Å². The van der Waals surface area contributed by atoms with Crippen LogP contribution in [0.4, 0.5) is 0 Å². The second-order valence-electron chi connectivity index (χ2n) is 3.47. The van der Waals surface area contributed by atoms with Crippen LogP contribution >= 0.6 is 11.6 Å². The summed E-state index contributed by atoms with van der Waals surface area (Å²) < 4.78 is 0. The molecule has 1 aromatic rings.